The van der Waals surface area contributed by atoms with E-state index in [1.54, 1.807) is 24.4 Å². The van der Waals surface area contributed by atoms with Crippen molar-refractivity contribution >= 4 is 11.5 Å². The van der Waals surface area contributed by atoms with E-state index < -0.39 is 0 Å². The first-order valence-corrected chi connectivity index (χ1v) is 5.99. The van der Waals surface area contributed by atoms with E-state index in [1.807, 2.05) is 18.0 Å². The highest BCUT2D eigenvalue weighted by molar-refractivity contribution is 5.92. The average molecular weight is 258 g/mol. The Labute approximate surface area is 111 Å². The van der Waals surface area contributed by atoms with Gasteiger partial charge in [0.25, 0.3) is 0 Å². The molecule has 0 saturated carbocycles. The van der Waals surface area contributed by atoms with Crippen molar-refractivity contribution in [1.29, 1.82) is 0 Å². The highest BCUT2D eigenvalue weighted by atomic mass is 19.1. The third-order valence-corrected chi connectivity index (χ3v) is 2.88. The number of halogens is 1. The van der Waals surface area contributed by atoms with E-state index in [1.165, 1.54) is 19.1 Å². The molecule has 3 nitrogen and oxygen atoms in total. The Kier molecular flexibility index (Phi) is 3.90. The summed E-state index contributed by atoms with van der Waals surface area (Å²) in [4.78, 5) is 17.2. The molecular formula is C15H15FN2O. The van der Waals surface area contributed by atoms with Crippen molar-refractivity contribution in [3.8, 4) is 0 Å². The predicted molar refractivity (Wildman–Crippen MR) is 72.7 cm³/mol. The maximum Gasteiger partial charge on any atom is 0.178 e. The van der Waals surface area contributed by atoms with Crippen LogP contribution in [-0.4, -0.2) is 17.8 Å². The highest BCUT2D eigenvalue weighted by Crippen LogP contribution is 2.15. The second-order valence-electron chi connectivity index (χ2n) is 4.44. The molecule has 0 aliphatic carbocycles. The fourth-order valence-electron chi connectivity index (χ4n) is 1.78. The molecule has 1 aromatic heterocycles. The Morgan fingerprint density at radius 2 is 1.89 bits per heavy atom. The van der Waals surface area contributed by atoms with Crippen molar-refractivity contribution in [3.05, 3.63) is 59.7 Å². The molecular weight excluding hydrogens is 243 g/mol. The predicted octanol–water partition coefficient (Wildman–Crippen LogP) is 3.06. The van der Waals surface area contributed by atoms with Crippen LogP contribution in [0.4, 0.5) is 10.1 Å². The molecule has 0 aliphatic rings. The van der Waals surface area contributed by atoms with Crippen LogP contribution in [0.2, 0.25) is 0 Å². The summed E-state index contributed by atoms with van der Waals surface area (Å²) in [6, 6.07) is 9.96. The van der Waals surface area contributed by atoms with Crippen LogP contribution in [0.3, 0.4) is 0 Å². The summed E-state index contributed by atoms with van der Waals surface area (Å²) in [5, 5.41) is 0. The molecule has 98 valence electrons. The van der Waals surface area contributed by atoms with Crippen LogP contribution < -0.4 is 4.90 Å². The Morgan fingerprint density at radius 1 is 1.21 bits per heavy atom. The first-order chi connectivity index (χ1) is 9.06. The molecule has 0 fully saturated rings. The zero-order valence-corrected chi connectivity index (χ0v) is 10.9. The van der Waals surface area contributed by atoms with E-state index >= 15 is 0 Å². The van der Waals surface area contributed by atoms with Crippen molar-refractivity contribution in [1.82, 2.24) is 4.98 Å². The van der Waals surface area contributed by atoms with Crippen LogP contribution in [-0.2, 0) is 6.54 Å². The van der Waals surface area contributed by atoms with Crippen LogP contribution in [0.15, 0.2) is 42.6 Å². The molecule has 2 aromatic rings. The van der Waals surface area contributed by atoms with Gasteiger partial charge in [0.15, 0.2) is 5.78 Å². The van der Waals surface area contributed by atoms with Crippen molar-refractivity contribution in [3.63, 3.8) is 0 Å². The number of Topliss-reactive ketones (excluding diaryl/α,β-unsaturated/α-hetero) is 1. The number of carbonyl (C=O) groups is 1. The number of hydrogen-bond acceptors (Lipinski definition) is 3. The Balaban J connectivity index is 2.09. The Morgan fingerprint density at radius 3 is 2.42 bits per heavy atom. The van der Waals surface area contributed by atoms with E-state index in [2.05, 4.69) is 4.98 Å². The zero-order valence-electron chi connectivity index (χ0n) is 10.9. The fraction of sp³-hybridized carbons (Fsp3) is 0.200. The van der Waals surface area contributed by atoms with Crippen LogP contribution in [0.5, 0.6) is 0 Å². The third-order valence-electron chi connectivity index (χ3n) is 2.88. The van der Waals surface area contributed by atoms with Gasteiger partial charge in [-0.3, -0.25) is 9.78 Å². The maximum atomic E-state index is 12.8. The van der Waals surface area contributed by atoms with Crippen LogP contribution in [0.25, 0.3) is 0 Å². The molecule has 0 spiro atoms. The van der Waals surface area contributed by atoms with Crippen molar-refractivity contribution in [2.24, 2.45) is 0 Å². The van der Waals surface area contributed by atoms with Gasteiger partial charge in [0.05, 0.1) is 11.9 Å². The first-order valence-electron chi connectivity index (χ1n) is 5.99. The lowest BCUT2D eigenvalue weighted by Gasteiger charge is -2.19. The van der Waals surface area contributed by atoms with Gasteiger partial charge in [0, 0.05) is 20.5 Å². The molecule has 0 aliphatic heterocycles. The molecule has 19 heavy (non-hydrogen) atoms. The van der Waals surface area contributed by atoms with Gasteiger partial charge in [-0.1, -0.05) is 12.1 Å². The average Bonchev–Trinajstić information content (AvgIpc) is 2.41. The summed E-state index contributed by atoms with van der Waals surface area (Å²) in [5.41, 5.74) is 2.38. The molecule has 0 bridgehead atoms. The quantitative estimate of drug-likeness (QED) is 0.790. The minimum Gasteiger partial charge on any atom is -0.369 e. The standard InChI is InChI=1S/C15H15FN2O/c1-11(19)15-8-7-14(9-17-15)18(2)10-12-3-5-13(16)6-4-12/h3-9H,10H2,1-2H3. The number of rotatable bonds is 4. The van der Waals surface area contributed by atoms with Gasteiger partial charge in [0.2, 0.25) is 0 Å². The maximum absolute atomic E-state index is 12.8. The normalized spacial score (nSPS) is 10.3. The molecule has 0 saturated heterocycles. The summed E-state index contributed by atoms with van der Waals surface area (Å²) in [6.07, 6.45) is 1.67. The zero-order chi connectivity index (χ0) is 13.8. The van der Waals surface area contributed by atoms with E-state index in [0.29, 0.717) is 12.2 Å². The van der Waals surface area contributed by atoms with Gasteiger partial charge in [-0.15, -0.1) is 0 Å². The molecule has 0 unspecified atom stereocenters. The first kappa shape index (κ1) is 13.2. The van der Waals surface area contributed by atoms with Crippen LogP contribution >= 0.6 is 0 Å². The van der Waals surface area contributed by atoms with Crippen molar-refractivity contribution in [2.45, 2.75) is 13.5 Å². The van der Waals surface area contributed by atoms with Gasteiger partial charge in [-0.25, -0.2) is 4.39 Å². The van der Waals surface area contributed by atoms with Gasteiger partial charge < -0.3 is 4.90 Å². The number of aromatic nitrogens is 1. The molecule has 0 N–H and O–H groups in total. The number of pyridine rings is 1. The molecule has 0 atom stereocenters. The molecule has 2 rings (SSSR count). The minimum atomic E-state index is -0.237. The second kappa shape index (κ2) is 5.61. The Hall–Kier alpha value is -2.23. The lowest BCUT2D eigenvalue weighted by atomic mass is 10.2. The van der Waals surface area contributed by atoms with E-state index in [4.69, 9.17) is 0 Å². The lowest BCUT2D eigenvalue weighted by molar-refractivity contribution is 0.101. The molecule has 0 amide bonds. The summed E-state index contributed by atoms with van der Waals surface area (Å²) >= 11 is 0. The molecule has 1 heterocycles. The van der Waals surface area contributed by atoms with Gasteiger partial charge >= 0.3 is 0 Å². The van der Waals surface area contributed by atoms with E-state index in [9.17, 15) is 9.18 Å². The molecule has 0 radical (unpaired) electrons. The second-order valence-corrected chi connectivity index (χ2v) is 4.44. The summed E-state index contributed by atoms with van der Waals surface area (Å²) in [6.45, 7) is 2.14. The summed E-state index contributed by atoms with van der Waals surface area (Å²) in [7, 11) is 1.92. The van der Waals surface area contributed by atoms with Crippen LogP contribution in [0, 0.1) is 5.82 Å². The number of nitrogens with zero attached hydrogens (tertiary/aromatic N) is 2. The lowest BCUT2D eigenvalue weighted by Crippen LogP contribution is -2.16. The molecule has 1 aromatic carbocycles. The van der Waals surface area contributed by atoms with Crippen molar-refractivity contribution in [2.75, 3.05) is 11.9 Å². The van der Waals surface area contributed by atoms with Gasteiger partial charge in [-0.2, -0.15) is 0 Å². The number of benzene rings is 1. The summed E-state index contributed by atoms with van der Waals surface area (Å²) in [5.74, 6) is -0.286. The van der Waals surface area contributed by atoms with Gasteiger partial charge in [-0.05, 0) is 29.8 Å². The monoisotopic (exact) mass is 258 g/mol. The Bertz CT molecular complexity index is 564. The topological polar surface area (TPSA) is 33.2 Å². The minimum absolute atomic E-state index is 0.0484. The summed E-state index contributed by atoms with van der Waals surface area (Å²) < 4.78 is 12.8. The SMILES string of the molecule is CC(=O)c1ccc(N(C)Cc2ccc(F)cc2)cn1. The van der Waals surface area contributed by atoms with E-state index in [0.717, 1.165) is 11.3 Å². The fourth-order valence-corrected chi connectivity index (χ4v) is 1.78. The van der Waals surface area contributed by atoms with Gasteiger partial charge in [0.1, 0.15) is 11.5 Å². The van der Waals surface area contributed by atoms with E-state index in [-0.39, 0.29) is 11.6 Å². The molecule has 4 heteroatoms. The smallest absolute Gasteiger partial charge is 0.178 e. The van der Waals surface area contributed by atoms with Crippen molar-refractivity contribution < 1.29 is 9.18 Å². The largest absolute Gasteiger partial charge is 0.369 e. The third kappa shape index (κ3) is 3.37. The highest BCUT2D eigenvalue weighted by Gasteiger charge is 2.05. The number of hydrogen-bond donors (Lipinski definition) is 0. The van der Waals surface area contributed by atoms with Crippen LogP contribution in [0.1, 0.15) is 23.0 Å². The number of carbonyl (C=O) groups excluding carboxylic acids is 1. The number of ketones is 1. The number of anilines is 1.